The molecule has 2 aliphatic heterocycles. The molecule has 0 spiro atoms. The summed E-state index contributed by atoms with van der Waals surface area (Å²) in [6.07, 6.45) is 1.97. The van der Waals surface area contributed by atoms with Gasteiger partial charge < -0.3 is 24.8 Å². The molecule has 2 saturated heterocycles. The van der Waals surface area contributed by atoms with Crippen molar-refractivity contribution in [3.05, 3.63) is 70.5 Å². The molecule has 10 nitrogen and oxygen atoms in total. The highest BCUT2D eigenvalue weighted by atomic mass is 16.5. The number of hydrogen-bond acceptors (Lipinski definition) is 7. The van der Waals surface area contributed by atoms with Gasteiger partial charge in [0.1, 0.15) is 5.69 Å². The molecule has 5 rings (SSSR count). The molecule has 44 heavy (non-hydrogen) atoms. The van der Waals surface area contributed by atoms with Crippen LogP contribution in [-0.4, -0.2) is 78.1 Å². The molecule has 2 aromatic carbocycles. The first-order valence-electron chi connectivity index (χ1n) is 15.4. The van der Waals surface area contributed by atoms with Gasteiger partial charge in [-0.15, -0.1) is 0 Å². The van der Waals surface area contributed by atoms with Crippen LogP contribution in [0.3, 0.4) is 0 Å². The molecule has 0 radical (unpaired) electrons. The molecule has 0 aliphatic carbocycles. The molecule has 234 valence electrons. The lowest BCUT2D eigenvalue weighted by Gasteiger charge is -2.34. The van der Waals surface area contributed by atoms with Crippen LogP contribution in [0.1, 0.15) is 78.1 Å². The van der Waals surface area contributed by atoms with Crippen molar-refractivity contribution in [2.45, 2.75) is 65.5 Å². The van der Waals surface area contributed by atoms with E-state index in [9.17, 15) is 14.4 Å². The fourth-order valence-electron chi connectivity index (χ4n) is 5.61. The zero-order valence-corrected chi connectivity index (χ0v) is 26.4. The predicted molar refractivity (Wildman–Crippen MR) is 169 cm³/mol. The maximum atomic E-state index is 13.6. The smallest absolute Gasteiger partial charge is 0.290 e. The van der Waals surface area contributed by atoms with Gasteiger partial charge in [0.05, 0.1) is 6.10 Å². The number of aromatic nitrogens is 1. The van der Waals surface area contributed by atoms with Crippen LogP contribution in [0.25, 0.3) is 11.3 Å². The minimum atomic E-state index is -0.336. The lowest BCUT2D eigenvalue weighted by atomic mass is 9.85. The number of rotatable bonds is 8. The third-order valence-electron chi connectivity index (χ3n) is 8.36. The number of carbonyl (C=O) groups is 3. The van der Waals surface area contributed by atoms with E-state index in [1.54, 1.807) is 13.0 Å². The number of nitrogens with one attached hydrogen (secondary N) is 2. The van der Waals surface area contributed by atoms with Crippen molar-refractivity contribution in [3.63, 3.8) is 0 Å². The Hall–Kier alpha value is -4.02. The molecule has 3 aromatic rings. The second-order valence-corrected chi connectivity index (χ2v) is 12.9. The Bertz CT molecular complexity index is 1510. The highest BCUT2D eigenvalue weighted by molar-refractivity contribution is 6.05. The van der Waals surface area contributed by atoms with E-state index in [1.165, 1.54) is 0 Å². The van der Waals surface area contributed by atoms with Gasteiger partial charge in [-0.1, -0.05) is 38.1 Å². The van der Waals surface area contributed by atoms with Gasteiger partial charge in [0.2, 0.25) is 11.7 Å². The Balaban J connectivity index is 1.30. The van der Waals surface area contributed by atoms with E-state index in [4.69, 9.17) is 9.26 Å². The van der Waals surface area contributed by atoms with Gasteiger partial charge in [0.15, 0.2) is 0 Å². The number of nitrogens with zero attached hydrogens (tertiary/aromatic N) is 3. The molecule has 3 heterocycles. The van der Waals surface area contributed by atoms with Crippen LogP contribution >= 0.6 is 0 Å². The summed E-state index contributed by atoms with van der Waals surface area (Å²) < 4.78 is 10.9. The molecule has 3 amide bonds. The molecular weight excluding hydrogens is 558 g/mol. The summed E-state index contributed by atoms with van der Waals surface area (Å²) >= 11 is 0. The van der Waals surface area contributed by atoms with Crippen molar-refractivity contribution in [1.82, 2.24) is 20.3 Å². The van der Waals surface area contributed by atoms with E-state index >= 15 is 0 Å². The molecule has 0 bridgehead atoms. The summed E-state index contributed by atoms with van der Waals surface area (Å²) in [7, 11) is 0. The second-order valence-electron chi connectivity index (χ2n) is 12.9. The average Bonchev–Trinajstić information content (AvgIpc) is 3.70. The third kappa shape index (κ3) is 7.73. The SMILES string of the molecule is CC(=O)N1CCN(Cc2cc(C(=O)Nc3ccc(C)c(-c4cc(C(=O)NCC5CCCO5)on4)c3)cc(C(C)(C)C)c2)CC1. The van der Waals surface area contributed by atoms with Gasteiger partial charge in [-0.3, -0.25) is 19.3 Å². The average molecular weight is 602 g/mol. The summed E-state index contributed by atoms with van der Waals surface area (Å²) in [5.74, 6) is -0.308. The first-order valence-corrected chi connectivity index (χ1v) is 15.4. The molecule has 10 heteroatoms. The van der Waals surface area contributed by atoms with Crippen molar-refractivity contribution in [2.75, 3.05) is 44.6 Å². The number of aryl methyl sites for hydroxylation is 1. The zero-order chi connectivity index (χ0) is 31.4. The Morgan fingerprint density at radius 3 is 2.45 bits per heavy atom. The van der Waals surface area contributed by atoms with Crippen LogP contribution in [-0.2, 0) is 21.5 Å². The lowest BCUT2D eigenvalue weighted by Crippen LogP contribution is -2.47. The summed E-state index contributed by atoms with van der Waals surface area (Å²) in [4.78, 5) is 42.1. The van der Waals surface area contributed by atoms with E-state index in [0.717, 1.165) is 54.8 Å². The highest BCUT2D eigenvalue weighted by Crippen LogP contribution is 2.29. The minimum absolute atomic E-state index is 0.0347. The van der Waals surface area contributed by atoms with Gasteiger partial charge in [-0.2, -0.15) is 0 Å². The van der Waals surface area contributed by atoms with E-state index < -0.39 is 0 Å². The van der Waals surface area contributed by atoms with Crippen molar-refractivity contribution in [2.24, 2.45) is 0 Å². The van der Waals surface area contributed by atoms with Crippen molar-refractivity contribution in [1.29, 1.82) is 0 Å². The van der Waals surface area contributed by atoms with E-state index in [1.807, 2.05) is 42.2 Å². The van der Waals surface area contributed by atoms with Crippen LogP contribution in [0, 0.1) is 6.92 Å². The van der Waals surface area contributed by atoms with Gasteiger partial charge >= 0.3 is 0 Å². The Morgan fingerprint density at radius 2 is 1.77 bits per heavy atom. The summed E-state index contributed by atoms with van der Waals surface area (Å²) in [5.41, 5.74) is 5.42. The summed E-state index contributed by atoms with van der Waals surface area (Å²) in [6, 6.07) is 13.3. The predicted octanol–water partition coefficient (Wildman–Crippen LogP) is 4.77. The molecular formula is C34H43N5O5. The number of ether oxygens (including phenoxy) is 1. The number of carbonyl (C=O) groups excluding carboxylic acids is 3. The van der Waals surface area contributed by atoms with Gasteiger partial charge in [-0.25, -0.2) is 0 Å². The van der Waals surface area contributed by atoms with Crippen molar-refractivity contribution in [3.8, 4) is 11.3 Å². The van der Waals surface area contributed by atoms with Gasteiger partial charge in [-0.05, 0) is 66.1 Å². The van der Waals surface area contributed by atoms with Crippen molar-refractivity contribution >= 4 is 23.4 Å². The molecule has 2 aliphatic rings. The number of anilines is 1. The number of hydrogen-bond donors (Lipinski definition) is 2. The van der Waals surface area contributed by atoms with Gasteiger partial charge in [0.25, 0.3) is 11.8 Å². The monoisotopic (exact) mass is 601 g/mol. The molecule has 0 saturated carbocycles. The fourth-order valence-corrected chi connectivity index (χ4v) is 5.61. The van der Waals surface area contributed by atoms with Crippen LogP contribution < -0.4 is 10.6 Å². The zero-order valence-electron chi connectivity index (χ0n) is 26.4. The van der Waals surface area contributed by atoms with E-state index in [2.05, 4.69) is 47.5 Å². The fraction of sp³-hybridized carbons (Fsp3) is 0.471. The maximum absolute atomic E-state index is 13.6. The van der Waals surface area contributed by atoms with E-state index in [-0.39, 0.29) is 35.0 Å². The Morgan fingerprint density at radius 1 is 1.00 bits per heavy atom. The number of benzene rings is 2. The Labute approximate surface area is 259 Å². The first kappa shape index (κ1) is 31.4. The molecule has 2 N–H and O–H groups in total. The quantitative estimate of drug-likeness (QED) is 0.382. The van der Waals surface area contributed by atoms with Crippen LogP contribution in [0.5, 0.6) is 0 Å². The topological polar surface area (TPSA) is 117 Å². The van der Waals surface area contributed by atoms with E-state index in [0.29, 0.717) is 43.1 Å². The minimum Gasteiger partial charge on any atom is -0.376 e. The standard InChI is InChI=1S/C34H43N5O5/c1-22-8-9-27(18-29(22)30-19-31(44-37-30)33(42)35-20-28-7-6-14-43-28)36-32(41)25-15-24(16-26(17-25)34(3,4)5)21-38-10-12-39(13-11-38)23(2)40/h8-9,15-19,28H,6-7,10-14,20-21H2,1-5H3,(H,35,42)(H,36,41). The summed E-state index contributed by atoms with van der Waals surface area (Å²) in [6.45, 7) is 14.9. The Kier molecular flexibility index (Phi) is 9.51. The van der Waals surface area contributed by atoms with Gasteiger partial charge in [0, 0.05) is 75.7 Å². The van der Waals surface area contributed by atoms with Crippen molar-refractivity contribution < 1.29 is 23.6 Å². The number of amides is 3. The largest absolute Gasteiger partial charge is 0.376 e. The van der Waals surface area contributed by atoms with Crippen LogP contribution in [0.15, 0.2) is 47.0 Å². The van der Waals surface area contributed by atoms with Crippen LogP contribution in [0.4, 0.5) is 5.69 Å². The first-order chi connectivity index (χ1) is 21.0. The molecule has 2 fully saturated rings. The summed E-state index contributed by atoms with van der Waals surface area (Å²) in [5, 5.41) is 10.1. The molecule has 1 unspecified atom stereocenters. The number of piperazine rings is 1. The lowest BCUT2D eigenvalue weighted by molar-refractivity contribution is -0.130. The maximum Gasteiger partial charge on any atom is 0.290 e. The highest BCUT2D eigenvalue weighted by Gasteiger charge is 2.23. The van der Waals surface area contributed by atoms with Crippen LogP contribution in [0.2, 0.25) is 0 Å². The molecule has 1 atom stereocenters. The molecule has 1 aromatic heterocycles. The third-order valence-corrected chi connectivity index (χ3v) is 8.36. The normalized spacial score (nSPS) is 17.5. The second kappa shape index (κ2) is 13.3.